The molecule has 3 rings (SSSR count). The van der Waals surface area contributed by atoms with E-state index in [0.717, 1.165) is 21.3 Å². The Balaban J connectivity index is 1.75. The number of carbonyl (C=O) groups excluding carboxylic acids is 1. The van der Waals surface area contributed by atoms with E-state index in [4.69, 9.17) is 11.6 Å². The second kappa shape index (κ2) is 6.43. The predicted octanol–water partition coefficient (Wildman–Crippen LogP) is 3.84. The molecule has 0 aliphatic rings. The molecule has 0 aromatic carbocycles. The molecule has 0 N–H and O–H groups in total. The van der Waals surface area contributed by atoms with E-state index in [1.54, 1.807) is 46.4 Å². The van der Waals surface area contributed by atoms with Crippen LogP contribution in [-0.4, -0.2) is 32.6 Å². The van der Waals surface area contributed by atoms with Crippen LogP contribution in [0.15, 0.2) is 22.9 Å². The average molecular weight is 367 g/mol. The lowest BCUT2D eigenvalue weighted by molar-refractivity contribution is 0.0777. The van der Waals surface area contributed by atoms with Crippen LogP contribution in [0.3, 0.4) is 0 Å². The molecule has 0 saturated carbocycles. The molecule has 1 amide bonds. The highest BCUT2D eigenvalue weighted by atomic mass is 35.5. The Bertz CT molecular complexity index is 838. The number of thiophene rings is 1. The van der Waals surface area contributed by atoms with Gasteiger partial charge in [0.15, 0.2) is 5.69 Å². The third-order valence-corrected chi connectivity index (χ3v) is 5.88. The number of amides is 1. The van der Waals surface area contributed by atoms with Crippen LogP contribution >= 0.6 is 34.3 Å². The monoisotopic (exact) mass is 366 g/mol. The molecule has 23 heavy (non-hydrogen) atoms. The van der Waals surface area contributed by atoms with Gasteiger partial charge in [0.1, 0.15) is 5.01 Å². The quantitative estimate of drug-likeness (QED) is 0.704. The Morgan fingerprint density at radius 1 is 1.43 bits per heavy atom. The van der Waals surface area contributed by atoms with Crippen molar-refractivity contribution in [3.05, 3.63) is 45.0 Å². The van der Waals surface area contributed by atoms with Crippen LogP contribution in [0, 0.1) is 6.92 Å². The molecular weight excluding hydrogens is 352 g/mol. The fraction of sp³-hybridized carbons (Fsp3) is 0.267. The molecule has 0 fully saturated rings. The van der Waals surface area contributed by atoms with Crippen molar-refractivity contribution >= 4 is 40.2 Å². The third kappa shape index (κ3) is 3.17. The summed E-state index contributed by atoms with van der Waals surface area (Å²) >= 11 is 9.42. The molecular formula is C15H15ClN4OS2. The smallest absolute Gasteiger partial charge is 0.276 e. The number of hydrogen-bond donors (Lipinski definition) is 0. The number of aromatic nitrogens is 3. The molecule has 3 heterocycles. The standard InChI is InChI=1S/C15H15ClN4OS2/c1-9-12(16)13(18-20(9)3)15(21)19(2)7-10-8-23-14(17-10)11-5-4-6-22-11/h4-6,8H,7H2,1-3H3. The molecule has 0 bridgehead atoms. The van der Waals surface area contributed by atoms with E-state index >= 15 is 0 Å². The van der Waals surface area contributed by atoms with Crippen LogP contribution < -0.4 is 0 Å². The molecule has 0 spiro atoms. The number of rotatable bonds is 4. The summed E-state index contributed by atoms with van der Waals surface area (Å²) in [5.41, 5.74) is 1.91. The minimum absolute atomic E-state index is 0.204. The number of hydrogen-bond acceptors (Lipinski definition) is 5. The molecule has 0 radical (unpaired) electrons. The largest absolute Gasteiger partial charge is 0.334 e. The van der Waals surface area contributed by atoms with Gasteiger partial charge in [0, 0.05) is 19.5 Å². The lowest BCUT2D eigenvalue weighted by Crippen LogP contribution is -2.27. The third-order valence-electron chi connectivity index (χ3n) is 3.49. The molecule has 120 valence electrons. The number of aryl methyl sites for hydroxylation is 1. The topological polar surface area (TPSA) is 51.0 Å². The van der Waals surface area contributed by atoms with Crippen molar-refractivity contribution in [3.63, 3.8) is 0 Å². The first-order chi connectivity index (χ1) is 11.0. The van der Waals surface area contributed by atoms with E-state index in [1.807, 2.05) is 29.8 Å². The summed E-state index contributed by atoms with van der Waals surface area (Å²) in [7, 11) is 3.50. The Morgan fingerprint density at radius 2 is 2.22 bits per heavy atom. The SMILES string of the molecule is Cc1c(Cl)c(C(=O)N(C)Cc2csc(-c3cccs3)n2)nn1C. The van der Waals surface area contributed by atoms with Crippen molar-refractivity contribution in [3.8, 4) is 9.88 Å². The van der Waals surface area contributed by atoms with Crippen molar-refractivity contribution in [1.82, 2.24) is 19.7 Å². The molecule has 0 aliphatic heterocycles. The lowest BCUT2D eigenvalue weighted by atomic mass is 10.3. The Morgan fingerprint density at radius 3 is 2.83 bits per heavy atom. The number of thiazole rings is 1. The highest BCUT2D eigenvalue weighted by molar-refractivity contribution is 7.20. The Kier molecular flexibility index (Phi) is 4.52. The molecule has 5 nitrogen and oxygen atoms in total. The lowest BCUT2D eigenvalue weighted by Gasteiger charge is -2.14. The molecule has 0 aliphatic carbocycles. The minimum Gasteiger partial charge on any atom is -0.334 e. The van der Waals surface area contributed by atoms with Gasteiger partial charge in [-0.05, 0) is 18.4 Å². The van der Waals surface area contributed by atoms with Crippen molar-refractivity contribution in [2.24, 2.45) is 7.05 Å². The summed E-state index contributed by atoms with van der Waals surface area (Å²) in [6, 6.07) is 4.04. The van der Waals surface area contributed by atoms with Crippen LogP contribution in [-0.2, 0) is 13.6 Å². The maximum absolute atomic E-state index is 12.5. The fourth-order valence-electron chi connectivity index (χ4n) is 2.11. The maximum Gasteiger partial charge on any atom is 0.276 e. The van der Waals surface area contributed by atoms with E-state index in [0.29, 0.717) is 11.6 Å². The van der Waals surface area contributed by atoms with E-state index in [-0.39, 0.29) is 11.6 Å². The van der Waals surface area contributed by atoms with E-state index in [2.05, 4.69) is 10.1 Å². The molecule has 0 atom stereocenters. The summed E-state index contributed by atoms with van der Waals surface area (Å²) < 4.78 is 1.61. The van der Waals surface area contributed by atoms with Gasteiger partial charge in [-0.1, -0.05) is 17.7 Å². The first kappa shape index (κ1) is 16.2. The van der Waals surface area contributed by atoms with Crippen LogP contribution in [0.25, 0.3) is 9.88 Å². The Labute approximate surface area is 147 Å². The van der Waals surface area contributed by atoms with Gasteiger partial charge in [-0.2, -0.15) is 5.10 Å². The van der Waals surface area contributed by atoms with Gasteiger partial charge in [-0.15, -0.1) is 22.7 Å². The van der Waals surface area contributed by atoms with Crippen LogP contribution in [0.1, 0.15) is 21.9 Å². The van der Waals surface area contributed by atoms with Crippen molar-refractivity contribution in [1.29, 1.82) is 0 Å². The molecule has 3 aromatic rings. The Hall–Kier alpha value is -1.70. The average Bonchev–Trinajstić information content (AvgIpc) is 3.24. The van der Waals surface area contributed by atoms with Crippen molar-refractivity contribution in [2.45, 2.75) is 13.5 Å². The van der Waals surface area contributed by atoms with Crippen molar-refractivity contribution < 1.29 is 4.79 Å². The van der Waals surface area contributed by atoms with Crippen LogP contribution in [0.2, 0.25) is 5.02 Å². The molecule has 3 aromatic heterocycles. The minimum atomic E-state index is -0.204. The number of carbonyl (C=O) groups is 1. The van der Waals surface area contributed by atoms with Gasteiger partial charge in [0.2, 0.25) is 0 Å². The zero-order valence-electron chi connectivity index (χ0n) is 12.9. The maximum atomic E-state index is 12.5. The van der Waals surface area contributed by atoms with E-state index in [9.17, 15) is 4.79 Å². The number of nitrogens with zero attached hydrogens (tertiary/aromatic N) is 4. The normalized spacial score (nSPS) is 11.0. The summed E-state index contributed by atoms with van der Waals surface area (Å²) in [5, 5.41) is 9.58. The molecule has 0 unspecified atom stereocenters. The highest BCUT2D eigenvalue weighted by Gasteiger charge is 2.22. The number of halogens is 1. The first-order valence-corrected chi connectivity index (χ1v) is 9.04. The highest BCUT2D eigenvalue weighted by Crippen LogP contribution is 2.28. The fourth-order valence-corrected chi connectivity index (χ4v) is 3.97. The van der Waals surface area contributed by atoms with Gasteiger partial charge < -0.3 is 4.90 Å². The second-order valence-electron chi connectivity index (χ2n) is 5.15. The summed E-state index contributed by atoms with van der Waals surface area (Å²) in [4.78, 5) is 19.8. The van der Waals surface area contributed by atoms with Gasteiger partial charge in [0.25, 0.3) is 5.91 Å². The van der Waals surface area contributed by atoms with Gasteiger partial charge in [-0.3, -0.25) is 9.48 Å². The summed E-state index contributed by atoms with van der Waals surface area (Å²) in [6.07, 6.45) is 0. The van der Waals surface area contributed by atoms with Gasteiger partial charge in [0.05, 0.1) is 27.8 Å². The van der Waals surface area contributed by atoms with Crippen LogP contribution in [0.4, 0.5) is 0 Å². The molecule has 8 heteroatoms. The van der Waals surface area contributed by atoms with Crippen molar-refractivity contribution in [2.75, 3.05) is 7.05 Å². The van der Waals surface area contributed by atoms with E-state index in [1.165, 1.54) is 0 Å². The summed E-state index contributed by atoms with van der Waals surface area (Å²) in [6.45, 7) is 2.26. The van der Waals surface area contributed by atoms with Crippen LogP contribution in [0.5, 0.6) is 0 Å². The van der Waals surface area contributed by atoms with E-state index < -0.39 is 0 Å². The zero-order chi connectivity index (χ0) is 16.6. The van der Waals surface area contributed by atoms with Gasteiger partial charge >= 0.3 is 0 Å². The zero-order valence-corrected chi connectivity index (χ0v) is 15.3. The second-order valence-corrected chi connectivity index (χ2v) is 7.34. The summed E-state index contributed by atoms with van der Waals surface area (Å²) in [5.74, 6) is -0.204. The van der Waals surface area contributed by atoms with Gasteiger partial charge in [-0.25, -0.2) is 4.98 Å². The predicted molar refractivity (Wildman–Crippen MR) is 94.2 cm³/mol. The molecule has 0 saturated heterocycles. The first-order valence-electron chi connectivity index (χ1n) is 6.90.